The van der Waals surface area contributed by atoms with Gasteiger partial charge in [-0.3, -0.25) is 4.79 Å². The number of carboxylic acid groups (broad SMARTS) is 2. The maximum atomic E-state index is 11.7. The third kappa shape index (κ3) is 6.17. The monoisotopic (exact) mass is 312 g/mol. The van der Waals surface area contributed by atoms with Gasteiger partial charge in [-0.05, 0) is 30.9 Å². The molecule has 0 saturated heterocycles. The van der Waals surface area contributed by atoms with Crippen molar-refractivity contribution < 1.29 is 24.6 Å². The predicted octanol–water partition coefficient (Wildman–Crippen LogP) is 1.85. The Morgan fingerprint density at radius 1 is 1.29 bits per heavy atom. The number of anilines is 1. The highest BCUT2D eigenvalue weighted by molar-refractivity contribution is 7.98. The van der Waals surface area contributed by atoms with Crippen molar-refractivity contribution in [1.29, 1.82) is 0 Å². The molecule has 2 amide bonds. The van der Waals surface area contributed by atoms with Crippen LogP contribution in [0.4, 0.5) is 10.5 Å². The molecule has 114 valence electrons. The van der Waals surface area contributed by atoms with Crippen LogP contribution in [0, 0.1) is 0 Å². The fraction of sp³-hybridized carbons (Fsp3) is 0.308. The van der Waals surface area contributed by atoms with Crippen molar-refractivity contribution in [3.63, 3.8) is 0 Å². The van der Waals surface area contributed by atoms with E-state index in [0.717, 1.165) is 4.90 Å². The SMILES string of the molecule is CSc1cccc(NC(=O)N[C@@H](CCC(=O)O)C(=O)O)c1. The zero-order valence-electron chi connectivity index (χ0n) is 11.3. The lowest BCUT2D eigenvalue weighted by molar-refractivity contribution is -0.140. The van der Waals surface area contributed by atoms with E-state index in [1.165, 1.54) is 11.8 Å². The normalized spacial score (nSPS) is 11.5. The highest BCUT2D eigenvalue weighted by Gasteiger charge is 2.20. The Bertz CT molecular complexity index is 535. The minimum atomic E-state index is -1.27. The molecular weight excluding hydrogens is 296 g/mol. The second-order valence-corrected chi connectivity index (χ2v) is 5.03. The molecule has 0 aliphatic rings. The van der Waals surface area contributed by atoms with Gasteiger partial charge in [0.15, 0.2) is 0 Å². The lowest BCUT2D eigenvalue weighted by Crippen LogP contribution is -2.43. The molecule has 1 rings (SSSR count). The van der Waals surface area contributed by atoms with Gasteiger partial charge in [-0.2, -0.15) is 0 Å². The summed E-state index contributed by atoms with van der Waals surface area (Å²) in [5.41, 5.74) is 0.529. The lowest BCUT2D eigenvalue weighted by Gasteiger charge is -2.14. The van der Waals surface area contributed by atoms with Crippen LogP contribution < -0.4 is 10.6 Å². The summed E-state index contributed by atoms with van der Waals surface area (Å²) in [6.45, 7) is 0. The number of rotatable bonds is 7. The molecule has 21 heavy (non-hydrogen) atoms. The maximum absolute atomic E-state index is 11.7. The standard InChI is InChI=1S/C13H16N2O5S/c1-21-9-4-2-3-8(7-9)14-13(20)15-10(12(18)19)5-6-11(16)17/h2-4,7,10H,5-6H2,1H3,(H,16,17)(H,18,19)(H2,14,15,20)/t10-/m0/s1. The van der Waals surface area contributed by atoms with Crippen molar-refractivity contribution in [2.75, 3.05) is 11.6 Å². The van der Waals surface area contributed by atoms with Crippen molar-refractivity contribution >= 4 is 35.4 Å². The summed E-state index contributed by atoms with van der Waals surface area (Å²) in [4.78, 5) is 34.1. The van der Waals surface area contributed by atoms with E-state index >= 15 is 0 Å². The highest BCUT2D eigenvalue weighted by atomic mass is 32.2. The molecule has 0 aliphatic carbocycles. The minimum absolute atomic E-state index is 0.178. The van der Waals surface area contributed by atoms with Crippen LogP contribution in [0.1, 0.15) is 12.8 Å². The third-order valence-corrected chi connectivity index (χ3v) is 3.30. The molecule has 0 radical (unpaired) electrons. The Balaban J connectivity index is 2.60. The van der Waals surface area contributed by atoms with Gasteiger partial charge in [0, 0.05) is 17.0 Å². The molecule has 0 unspecified atom stereocenters. The first kappa shape index (κ1) is 16.8. The average Bonchev–Trinajstić information content (AvgIpc) is 2.43. The number of urea groups is 1. The number of carboxylic acids is 2. The van der Waals surface area contributed by atoms with E-state index in [4.69, 9.17) is 10.2 Å². The van der Waals surface area contributed by atoms with Gasteiger partial charge in [0.05, 0.1) is 0 Å². The van der Waals surface area contributed by atoms with Gasteiger partial charge >= 0.3 is 18.0 Å². The molecule has 7 nitrogen and oxygen atoms in total. The molecule has 1 aromatic rings. The smallest absolute Gasteiger partial charge is 0.326 e. The average molecular weight is 312 g/mol. The van der Waals surface area contributed by atoms with Crippen molar-refractivity contribution in [1.82, 2.24) is 5.32 Å². The molecule has 0 fully saturated rings. The van der Waals surface area contributed by atoms with Crippen LogP contribution in [-0.2, 0) is 9.59 Å². The van der Waals surface area contributed by atoms with Crippen molar-refractivity contribution in [2.24, 2.45) is 0 Å². The Kier molecular flexibility index (Phi) is 6.54. The molecule has 8 heteroatoms. The number of aliphatic carboxylic acids is 2. The van der Waals surface area contributed by atoms with E-state index in [1.807, 2.05) is 12.3 Å². The number of carbonyl (C=O) groups excluding carboxylic acids is 1. The molecule has 0 aromatic heterocycles. The van der Waals surface area contributed by atoms with Crippen molar-refractivity contribution in [3.05, 3.63) is 24.3 Å². The Morgan fingerprint density at radius 3 is 2.57 bits per heavy atom. The minimum Gasteiger partial charge on any atom is -0.481 e. The number of hydrogen-bond acceptors (Lipinski definition) is 4. The van der Waals surface area contributed by atoms with Crippen molar-refractivity contribution in [2.45, 2.75) is 23.8 Å². The van der Waals surface area contributed by atoms with Crippen LogP contribution in [0.25, 0.3) is 0 Å². The van der Waals surface area contributed by atoms with E-state index < -0.39 is 24.0 Å². The van der Waals surface area contributed by atoms with Crippen LogP contribution >= 0.6 is 11.8 Å². The summed E-state index contributed by atoms with van der Waals surface area (Å²) in [5, 5.41) is 22.2. The molecule has 1 aromatic carbocycles. The quantitative estimate of drug-likeness (QED) is 0.571. The summed E-state index contributed by atoms with van der Waals surface area (Å²) >= 11 is 1.51. The van der Waals surface area contributed by atoms with Gasteiger partial charge in [-0.1, -0.05) is 6.07 Å². The number of amides is 2. The van der Waals surface area contributed by atoms with Crippen LogP contribution in [-0.4, -0.2) is 40.5 Å². The second-order valence-electron chi connectivity index (χ2n) is 4.15. The van der Waals surface area contributed by atoms with Crippen molar-refractivity contribution in [3.8, 4) is 0 Å². The van der Waals surface area contributed by atoms with E-state index in [9.17, 15) is 14.4 Å². The zero-order valence-corrected chi connectivity index (χ0v) is 12.1. The molecule has 0 heterocycles. The van der Waals surface area contributed by atoms with Crippen LogP contribution in [0.15, 0.2) is 29.2 Å². The van der Waals surface area contributed by atoms with Gasteiger partial charge in [-0.15, -0.1) is 11.8 Å². The maximum Gasteiger partial charge on any atom is 0.326 e. The summed E-state index contributed by atoms with van der Waals surface area (Å²) in [6, 6.07) is 5.13. The zero-order chi connectivity index (χ0) is 15.8. The molecular formula is C13H16N2O5S. The van der Waals surface area contributed by atoms with Gasteiger partial charge < -0.3 is 20.8 Å². The fourth-order valence-corrected chi connectivity index (χ4v) is 2.01. The number of benzene rings is 1. The van der Waals surface area contributed by atoms with Crippen LogP contribution in [0.3, 0.4) is 0 Å². The molecule has 1 atom stereocenters. The Hall–Kier alpha value is -2.22. The lowest BCUT2D eigenvalue weighted by atomic mass is 10.1. The second kappa shape index (κ2) is 8.15. The topological polar surface area (TPSA) is 116 Å². The Labute approximate surface area is 125 Å². The molecule has 0 spiro atoms. The highest BCUT2D eigenvalue weighted by Crippen LogP contribution is 2.18. The number of nitrogens with one attached hydrogen (secondary N) is 2. The van der Waals surface area contributed by atoms with Gasteiger partial charge in [0.2, 0.25) is 0 Å². The fourth-order valence-electron chi connectivity index (χ4n) is 1.55. The first-order chi connectivity index (χ1) is 9.92. The van der Waals surface area contributed by atoms with Crippen LogP contribution in [0.5, 0.6) is 0 Å². The summed E-state index contributed by atoms with van der Waals surface area (Å²) in [7, 11) is 0. The van der Waals surface area contributed by atoms with Gasteiger partial charge in [0.25, 0.3) is 0 Å². The first-order valence-electron chi connectivity index (χ1n) is 6.08. The molecule has 0 bridgehead atoms. The largest absolute Gasteiger partial charge is 0.481 e. The third-order valence-electron chi connectivity index (χ3n) is 2.58. The Morgan fingerprint density at radius 2 is 2.00 bits per heavy atom. The summed E-state index contributed by atoms with van der Waals surface area (Å²) < 4.78 is 0. The molecule has 4 N–H and O–H groups in total. The number of carbonyl (C=O) groups is 3. The summed E-state index contributed by atoms with van der Waals surface area (Å²) in [5.74, 6) is -2.39. The van der Waals surface area contributed by atoms with E-state index in [2.05, 4.69) is 10.6 Å². The van der Waals surface area contributed by atoms with E-state index in [0.29, 0.717) is 5.69 Å². The predicted molar refractivity (Wildman–Crippen MR) is 78.7 cm³/mol. The van der Waals surface area contributed by atoms with E-state index in [1.54, 1.807) is 18.2 Å². The van der Waals surface area contributed by atoms with Crippen LogP contribution in [0.2, 0.25) is 0 Å². The van der Waals surface area contributed by atoms with Gasteiger partial charge in [0.1, 0.15) is 6.04 Å². The number of thioether (sulfide) groups is 1. The molecule has 0 saturated carbocycles. The first-order valence-corrected chi connectivity index (χ1v) is 7.31. The summed E-state index contributed by atoms with van der Waals surface area (Å²) in [6.07, 6.45) is 1.38. The number of hydrogen-bond donors (Lipinski definition) is 4. The van der Waals surface area contributed by atoms with Gasteiger partial charge in [-0.25, -0.2) is 9.59 Å². The van der Waals surface area contributed by atoms with E-state index in [-0.39, 0.29) is 12.8 Å². The molecule has 0 aliphatic heterocycles.